The van der Waals surface area contributed by atoms with Crippen molar-refractivity contribution in [3.05, 3.63) is 39.7 Å². The molecule has 29 heavy (non-hydrogen) atoms. The molecule has 0 saturated carbocycles. The van der Waals surface area contributed by atoms with Crippen molar-refractivity contribution in [3.8, 4) is 5.75 Å². The Balaban J connectivity index is 1.62. The molecule has 1 atom stereocenters. The number of aryl methyl sites for hydroxylation is 2. The molecule has 3 rings (SSSR count). The minimum atomic E-state index is -0.653. The first-order valence-corrected chi connectivity index (χ1v) is 10.3. The number of hydrogen-bond donors (Lipinski definition) is 1. The maximum absolute atomic E-state index is 12.5. The Hall–Kier alpha value is -2.38. The molecule has 1 aliphatic rings. The van der Waals surface area contributed by atoms with Gasteiger partial charge in [-0.2, -0.15) is 0 Å². The van der Waals surface area contributed by atoms with E-state index in [9.17, 15) is 9.59 Å². The SMILES string of the molecule is CCc1cc(=O)oc2cc(C)cc(O[C@H](C)C(=O)NCCCN3CCOCC3)c12. The summed E-state index contributed by atoms with van der Waals surface area (Å²) in [5.74, 6) is 0.411. The first-order valence-electron chi connectivity index (χ1n) is 10.3. The average molecular weight is 402 g/mol. The van der Waals surface area contributed by atoms with Crippen LogP contribution in [0.1, 0.15) is 31.4 Å². The molecule has 0 aliphatic carbocycles. The van der Waals surface area contributed by atoms with Gasteiger partial charge in [0.2, 0.25) is 0 Å². The second-order valence-corrected chi connectivity index (χ2v) is 7.44. The standard InChI is InChI=1S/C22H30N2O5/c1-4-17-14-20(25)29-19-13-15(2)12-18(21(17)19)28-16(3)22(26)23-6-5-7-24-8-10-27-11-9-24/h12-14,16H,4-11H2,1-3H3,(H,23,26)/t16-/m1/s1. The Morgan fingerprint density at radius 2 is 2.03 bits per heavy atom. The van der Waals surface area contributed by atoms with Gasteiger partial charge in [0.05, 0.1) is 18.6 Å². The van der Waals surface area contributed by atoms with Crippen molar-refractivity contribution in [2.75, 3.05) is 39.4 Å². The van der Waals surface area contributed by atoms with E-state index in [0.717, 1.165) is 55.8 Å². The highest BCUT2D eigenvalue weighted by Gasteiger charge is 2.18. The highest BCUT2D eigenvalue weighted by Crippen LogP contribution is 2.30. The van der Waals surface area contributed by atoms with E-state index in [1.807, 2.05) is 26.0 Å². The summed E-state index contributed by atoms with van der Waals surface area (Å²) < 4.78 is 16.7. The van der Waals surface area contributed by atoms with Crippen LogP contribution in [-0.4, -0.2) is 56.3 Å². The van der Waals surface area contributed by atoms with Gasteiger partial charge in [-0.25, -0.2) is 4.79 Å². The number of carbonyl (C=O) groups excluding carboxylic acids is 1. The molecule has 158 valence electrons. The predicted molar refractivity (Wildman–Crippen MR) is 112 cm³/mol. The van der Waals surface area contributed by atoms with Crippen molar-refractivity contribution in [1.29, 1.82) is 0 Å². The minimum Gasteiger partial charge on any atom is -0.480 e. The van der Waals surface area contributed by atoms with Gasteiger partial charge in [-0.05, 0) is 56.5 Å². The quantitative estimate of drug-likeness (QED) is 0.539. The Morgan fingerprint density at radius 3 is 2.76 bits per heavy atom. The Morgan fingerprint density at radius 1 is 1.28 bits per heavy atom. The Kier molecular flexibility index (Phi) is 7.28. The number of nitrogens with one attached hydrogen (secondary N) is 1. The average Bonchev–Trinajstić information content (AvgIpc) is 2.70. The number of hydrogen-bond acceptors (Lipinski definition) is 6. The fourth-order valence-corrected chi connectivity index (χ4v) is 3.57. The van der Waals surface area contributed by atoms with Crippen LogP contribution in [-0.2, 0) is 16.0 Å². The van der Waals surface area contributed by atoms with Gasteiger partial charge in [-0.3, -0.25) is 9.69 Å². The largest absolute Gasteiger partial charge is 0.480 e. The molecule has 0 unspecified atom stereocenters. The van der Waals surface area contributed by atoms with Gasteiger partial charge in [0.25, 0.3) is 5.91 Å². The van der Waals surface area contributed by atoms with Crippen LogP contribution in [0.5, 0.6) is 5.75 Å². The van der Waals surface area contributed by atoms with Gasteiger partial charge in [-0.1, -0.05) is 6.92 Å². The van der Waals surface area contributed by atoms with E-state index < -0.39 is 6.10 Å². The summed E-state index contributed by atoms with van der Waals surface area (Å²) in [7, 11) is 0. The Labute approximate surface area is 171 Å². The number of carbonyl (C=O) groups is 1. The maximum Gasteiger partial charge on any atom is 0.336 e. The van der Waals surface area contributed by atoms with Crippen molar-refractivity contribution in [1.82, 2.24) is 10.2 Å². The van der Waals surface area contributed by atoms with Crippen LogP contribution in [0.4, 0.5) is 0 Å². The summed E-state index contributed by atoms with van der Waals surface area (Å²) in [6, 6.07) is 5.18. The van der Waals surface area contributed by atoms with Crippen LogP contribution in [0.3, 0.4) is 0 Å². The molecule has 0 bridgehead atoms. The van der Waals surface area contributed by atoms with Crippen LogP contribution in [0.25, 0.3) is 11.0 Å². The fraction of sp³-hybridized carbons (Fsp3) is 0.545. The van der Waals surface area contributed by atoms with Crippen molar-refractivity contribution >= 4 is 16.9 Å². The minimum absolute atomic E-state index is 0.155. The van der Waals surface area contributed by atoms with E-state index in [4.69, 9.17) is 13.9 Å². The molecule has 1 aromatic carbocycles. The normalized spacial score (nSPS) is 16.0. The van der Waals surface area contributed by atoms with Gasteiger partial charge in [0.1, 0.15) is 11.3 Å². The summed E-state index contributed by atoms with van der Waals surface area (Å²) in [6.07, 6.45) is 0.903. The molecule has 2 aromatic rings. The zero-order valence-corrected chi connectivity index (χ0v) is 17.5. The van der Waals surface area contributed by atoms with Crippen molar-refractivity contribution in [2.45, 2.75) is 39.7 Å². The summed E-state index contributed by atoms with van der Waals surface area (Å²) in [5.41, 5.74) is 1.87. The smallest absolute Gasteiger partial charge is 0.336 e. The summed E-state index contributed by atoms with van der Waals surface area (Å²) in [6.45, 7) is 10.6. The van der Waals surface area contributed by atoms with Crippen molar-refractivity contribution in [2.24, 2.45) is 0 Å². The first-order chi connectivity index (χ1) is 14.0. The lowest BCUT2D eigenvalue weighted by Crippen LogP contribution is -2.40. The van der Waals surface area contributed by atoms with E-state index in [-0.39, 0.29) is 11.5 Å². The van der Waals surface area contributed by atoms with Gasteiger partial charge >= 0.3 is 5.63 Å². The monoisotopic (exact) mass is 402 g/mol. The molecule has 1 aliphatic heterocycles. The second kappa shape index (κ2) is 9.89. The Bertz CT molecular complexity index is 902. The fourth-order valence-electron chi connectivity index (χ4n) is 3.57. The lowest BCUT2D eigenvalue weighted by molar-refractivity contribution is -0.127. The van der Waals surface area contributed by atoms with Crippen LogP contribution in [0.2, 0.25) is 0 Å². The molecule has 1 N–H and O–H groups in total. The van der Waals surface area contributed by atoms with Crippen LogP contribution >= 0.6 is 0 Å². The topological polar surface area (TPSA) is 81.0 Å². The number of amides is 1. The lowest BCUT2D eigenvalue weighted by atomic mass is 10.0. The number of nitrogens with zero attached hydrogens (tertiary/aromatic N) is 1. The molecule has 0 spiro atoms. The number of fused-ring (bicyclic) bond motifs is 1. The predicted octanol–water partition coefficient (Wildman–Crippen LogP) is 2.27. The van der Waals surface area contributed by atoms with Crippen LogP contribution in [0, 0.1) is 6.92 Å². The molecule has 2 heterocycles. The summed E-state index contributed by atoms with van der Waals surface area (Å²) in [4.78, 5) is 26.6. The molecule has 1 aromatic heterocycles. The van der Waals surface area contributed by atoms with E-state index in [1.54, 1.807) is 6.92 Å². The zero-order valence-electron chi connectivity index (χ0n) is 17.5. The summed E-state index contributed by atoms with van der Waals surface area (Å²) in [5, 5.41) is 3.70. The second-order valence-electron chi connectivity index (χ2n) is 7.44. The summed E-state index contributed by atoms with van der Waals surface area (Å²) >= 11 is 0. The maximum atomic E-state index is 12.5. The molecule has 1 amide bonds. The lowest BCUT2D eigenvalue weighted by Gasteiger charge is -2.26. The molecule has 0 radical (unpaired) electrons. The third-order valence-electron chi connectivity index (χ3n) is 5.14. The van der Waals surface area contributed by atoms with Crippen molar-refractivity contribution in [3.63, 3.8) is 0 Å². The number of rotatable bonds is 8. The third-order valence-corrected chi connectivity index (χ3v) is 5.14. The molecular formula is C22H30N2O5. The highest BCUT2D eigenvalue weighted by molar-refractivity contribution is 5.88. The molecule has 7 nitrogen and oxygen atoms in total. The zero-order chi connectivity index (χ0) is 20.8. The number of benzene rings is 1. The van der Waals surface area contributed by atoms with E-state index in [1.165, 1.54) is 6.07 Å². The van der Waals surface area contributed by atoms with Crippen LogP contribution in [0.15, 0.2) is 27.4 Å². The molecular weight excluding hydrogens is 372 g/mol. The number of morpholine rings is 1. The molecule has 1 fully saturated rings. The van der Waals surface area contributed by atoms with Gasteiger partial charge in [-0.15, -0.1) is 0 Å². The van der Waals surface area contributed by atoms with E-state index in [2.05, 4.69) is 10.2 Å². The van der Waals surface area contributed by atoms with Gasteiger partial charge in [0, 0.05) is 25.7 Å². The van der Waals surface area contributed by atoms with Crippen LogP contribution < -0.4 is 15.7 Å². The van der Waals surface area contributed by atoms with E-state index in [0.29, 0.717) is 24.3 Å². The molecule has 1 saturated heterocycles. The number of ether oxygens (including phenoxy) is 2. The highest BCUT2D eigenvalue weighted by atomic mass is 16.5. The molecule has 7 heteroatoms. The third kappa shape index (κ3) is 5.58. The van der Waals surface area contributed by atoms with Crippen molar-refractivity contribution < 1.29 is 18.7 Å². The van der Waals surface area contributed by atoms with Gasteiger partial charge in [0.15, 0.2) is 6.10 Å². The van der Waals surface area contributed by atoms with Gasteiger partial charge < -0.3 is 19.2 Å². The first kappa shape index (κ1) is 21.3. The van der Waals surface area contributed by atoms with E-state index >= 15 is 0 Å².